The van der Waals surface area contributed by atoms with E-state index in [2.05, 4.69) is 26.1 Å². The number of rotatable bonds is 5. The molecule has 2 rings (SSSR count). The molecule has 4 nitrogen and oxygen atoms in total. The topological polar surface area (TPSA) is 55.4 Å². The van der Waals surface area contributed by atoms with Crippen molar-refractivity contribution >= 4 is 11.9 Å². The zero-order chi connectivity index (χ0) is 16.8. The van der Waals surface area contributed by atoms with Crippen molar-refractivity contribution in [3.05, 3.63) is 35.4 Å². The minimum Gasteiger partial charge on any atom is -0.452 e. The second kappa shape index (κ2) is 8.14. The van der Waals surface area contributed by atoms with Crippen LogP contribution in [-0.2, 0) is 16.0 Å². The summed E-state index contributed by atoms with van der Waals surface area (Å²) < 4.78 is 5.12. The van der Waals surface area contributed by atoms with Crippen molar-refractivity contribution in [2.24, 2.45) is 11.8 Å². The van der Waals surface area contributed by atoms with Crippen molar-refractivity contribution in [2.75, 3.05) is 6.61 Å². The standard InChI is InChI=1S/C19H27NO3/c1-4-15-8-10-16(11-9-15)19(22)23-12-18(21)20-17-7-5-6-13(2)14(17)3/h8-11,13-14,17H,4-7,12H2,1-3H3,(H,20,21)/t13-,14-,17+/m0/s1. The highest BCUT2D eigenvalue weighted by molar-refractivity contribution is 5.91. The Labute approximate surface area is 138 Å². The van der Waals surface area contributed by atoms with Gasteiger partial charge in [-0.05, 0) is 42.4 Å². The van der Waals surface area contributed by atoms with Gasteiger partial charge in [0, 0.05) is 6.04 Å². The van der Waals surface area contributed by atoms with Gasteiger partial charge < -0.3 is 10.1 Å². The molecule has 0 unspecified atom stereocenters. The molecule has 1 aliphatic rings. The molecule has 0 aliphatic heterocycles. The SMILES string of the molecule is CCc1ccc(C(=O)OCC(=O)N[C@@H]2CCC[C@H](C)[C@@H]2C)cc1. The van der Waals surface area contributed by atoms with Gasteiger partial charge in [-0.25, -0.2) is 4.79 Å². The Hall–Kier alpha value is -1.84. The molecule has 1 aromatic rings. The van der Waals surface area contributed by atoms with E-state index in [0.717, 1.165) is 19.3 Å². The smallest absolute Gasteiger partial charge is 0.338 e. The van der Waals surface area contributed by atoms with Crippen molar-refractivity contribution in [1.82, 2.24) is 5.32 Å². The molecule has 1 fully saturated rings. The lowest BCUT2D eigenvalue weighted by molar-refractivity contribution is -0.125. The molecule has 0 heterocycles. The molecular formula is C19H27NO3. The van der Waals surface area contributed by atoms with Crippen LogP contribution in [0.5, 0.6) is 0 Å². The number of amides is 1. The Morgan fingerprint density at radius 3 is 2.52 bits per heavy atom. The third-order valence-corrected chi connectivity index (χ3v) is 4.99. The quantitative estimate of drug-likeness (QED) is 0.847. The lowest BCUT2D eigenvalue weighted by Gasteiger charge is -2.34. The van der Waals surface area contributed by atoms with Crippen LogP contribution in [0.2, 0.25) is 0 Å². The minimum absolute atomic E-state index is 0.189. The molecule has 3 atom stereocenters. The van der Waals surface area contributed by atoms with Crippen LogP contribution in [0.25, 0.3) is 0 Å². The number of carbonyl (C=O) groups excluding carboxylic acids is 2. The summed E-state index contributed by atoms with van der Waals surface area (Å²) in [6.45, 7) is 6.25. The number of nitrogens with one attached hydrogen (secondary N) is 1. The first-order chi connectivity index (χ1) is 11.0. The van der Waals surface area contributed by atoms with E-state index in [4.69, 9.17) is 4.74 Å². The summed E-state index contributed by atoms with van der Waals surface area (Å²) in [4.78, 5) is 24.0. The number of aryl methyl sites for hydroxylation is 1. The van der Waals surface area contributed by atoms with E-state index in [0.29, 0.717) is 17.4 Å². The highest BCUT2D eigenvalue weighted by Crippen LogP contribution is 2.29. The normalized spacial score (nSPS) is 24.0. The summed E-state index contributed by atoms with van der Waals surface area (Å²) in [5, 5.41) is 3.01. The molecule has 0 radical (unpaired) electrons. The van der Waals surface area contributed by atoms with Gasteiger partial charge in [-0.3, -0.25) is 4.79 Å². The number of benzene rings is 1. The maximum absolute atomic E-state index is 12.0. The average Bonchev–Trinajstić information content (AvgIpc) is 2.57. The van der Waals surface area contributed by atoms with Crippen LogP contribution in [0, 0.1) is 11.8 Å². The molecule has 23 heavy (non-hydrogen) atoms. The molecule has 0 bridgehead atoms. The second-order valence-corrected chi connectivity index (χ2v) is 6.57. The van der Waals surface area contributed by atoms with Gasteiger partial charge in [-0.15, -0.1) is 0 Å². The first-order valence-corrected chi connectivity index (χ1v) is 8.56. The zero-order valence-electron chi connectivity index (χ0n) is 14.3. The third kappa shape index (κ3) is 4.81. The Bertz CT molecular complexity index is 538. The van der Waals surface area contributed by atoms with Crippen molar-refractivity contribution in [3.63, 3.8) is 0 Å². The molecular weight excluding hydrogens is 290 g/mol. The predicted molar refractivity (Wildman–Crippen MR) is 90.2 cm³/mol. The van der Waals surface area contributed by atoms with Gasteiger partial charge in [0.1, 0.15) is 0 Å². The van der Waals surface area contributed by atoms with Crippen molar-refractivity contribution in [1.29, 1.82) is 0 Å². The van der Waals surface area contributed by atoms with E-state index >= 15 is 0 Å². The first-order valence-electron chi connectivity index (χ1n) is 8.56. The predicted octanol–water partition coefficient (Wildman–Crippen LogP) is 3.35. The van der Waals surface area contributed by atoms with Crippen molar-refractivity contribution in [3.8, 4) is 0 Å². The van der Waals surface area contributed by atoms with E-state index in [1.165, 1.54) is 12.0 Å². The molecule has 0 aromatic heterocycles. The van der Waals surface area contributed by atoms with E-state index < -0.39 is 5.97 Å². The van der Waals surface area contributed by atoms with Gasteiger partial charge in [0.05, 0.1) is 5.56 Å². The molecule has 1 amide bonds. The first kappa shape index (κ1) is 17.5. The summed E-state index contributed by atoms with van der Waals surface area (Å²) in [6, 6.07) is 7.48. The van der Waals surface area contributed by atoms with Gasteiger partial charge in [0.2, 0.25) is 0 Å². The van der Waals surface area contributed by atoms with Crippen molar-refractivity contribution < 1.29 is 14.3 Å². The van der Waals surface area contributed by atoms with E-state index in [1.807, 2.05) is 12.1 Å². The van der Waals surface area contributed by atoms with Crippen LogP contribution >= 0.6 is 0 Å². The van der Waals surface area contributed by atoms with Crippen LogP contribution < -0.4 is 5.32 Å². The van der Waals surface area contributed by atoms with Gasteiger partial charge in [-0.1, -0.05) is 45.7 Å². The van der Waals surface area contributed by atoms with Crippen LogP contribution in [0.4, 0.5) is 0 Å². The zero-order valence-corrected chi connectivity index (χ0v) is 14.3. The molecule has 0 spiro atoms. The summed E-state index contributed by atoms with van der Waals surface area (Å²) >= 11 is 0. The summed E-state index contributed by atoms with van der Waals surface area (Å²) in [5.41, 5.74) is 1.65. The third-order valence-electron chi connectivity index (χ3n) is 4.99. The molecule has 0 saturated heterocycles. The number of hydrogen-bond donors (Lipinski definition) is 1. The highest BCUT2D eigenvalue weighted by Gasteiger charge is 2.28. The summed E-state index contributed by atoms with van der Waals surface area (Å²) in [7, 11) is 0. The molecule has 1 aliphatic carbocycles. The van der Waals surface area contributed by atoms with Crippen LogP contribution in [0.3, 0.4) is 0 Å². The maximum Gasteiger partial charge on any atom is 0.338 e. The fourth-order valence-electron chi connectivity index (χ4n) is 3.13. The van der Waals surface area contributed by atoms with Crippen LogP contribution in [-0.4, -0.2) is 24.5 Å². The lowest BCUT2D eigenvalue weighted by atomic mass is 9.78. The number of esters is 1. The summed E-state index contributed by atoms with van der Waals surface area (Å²) in [6.07, 6.45) is 4.29. The van der Waals surface area contributed by atoms with Gasteiger partial charge >= 0.3 is 5.97 Å². The Morgan fingerprint density at radius 2 is 1.87 bits per heavy atom. The van der Waals surface area contributed by atoms with Crippen LogP contribution in [0.15, 0.2) is 24.3 Å². The van der Waals surface area contributed by atoms with E-state index in [-0.39, 0.29) is 18.6 Å². The number of carbonyl (C=O) groups is 2. The largest absolute Gasteiger partial charge is 0.452 e. The van der Waals surface area contributed by atoms with Crippen molar-refractivity contribution in [2.45, 2.75) is 52.5 Å². The van der Waals surface area contributed by atoms with Gasteiger partial charge in [0.15, 0.2) is 6.61 Å². The Morgan fingerprint density at radius 1 is 1.17 bits per heavy atom. The van der Waals surface area contributed by atoms with E-state index in [9.17, 15) is 9.59 Å². The molecule has 126 valence electrons. The summed E-state index contributed by atoms with van der Waals surface area (Å²) in [5.74, 6) is 0.418. The number of ether oxygens (including phenoxy) is 1. The fraction of sp³-hybridized carbons (Fsp3) is 0.579. The fourth-order valence-corrected chi connectivity index (χ4v) is 3.13. The second-order valence-electron chi connectivity index (χ2n) is 6.57. The highest BCUT2D eigenvalue weighted by atomic mass is 16.5. The minimum atomic E-state index is -0.451. The Balaban J connectivity index is 1.80. The number of hydrogen-bond acceptors (Lipinski definition) is 3. The molecule has 1 saturated carbocycles. The van der Waals surface area contributed by atoms with Gasteiger partial charge in [0.25, 0.3) is 5.91 Å². The average molecular weight is 317 g/mol. The molecule has 1 N–H and O–H groups in total. The maximum atomic E-state index is 12.0. The lowest BCUT2D eigenvalue weighted by Crippen LogP contribution is -2.45. The monoisotopic (exact) mass is 317 g/mol. The molecule has 4 heteroatoms. The molecule has 1 aromatic carbocycles. The van der Waals surface area contributed by atoms with Gasteiger partial charge in [-0.2, -0.15) is 0 Å². The Kier molecular flexibility index (Phi) is 6.20. The van der Waals surface area contributed by atoms with E-state index in [1.54, 1.807) is 12.1 Å². The van der Waals surface area contributed by atoms with Crippen LogP contribution in [0.1, 0.15) is 56.0 Å².